The number of methoxy groups -OCH3 is 1. The first-order valence-electron chi connectivity index (χ1n) is 8.17. The molecule has 1 fully saturated rings. The lowest BCUT2D eigenvalue weighted by Gasteiger charge is -2.31. The van der Waals surface area contributed by atoms with Gasteiger partial charge in [0.2, 0.25) is 5.91 Å². The Morgan fingerprint density at radius 3 is 2.79 bits per heavy atom. The highest BCUT2D eigenvalue weighted by atomic mass is 16.5. The summed E-state index contributed by atoms with van der Waals surface area (Å²) in [6, 6.07) is 7.09. The predicted molar refractivity (Wildman–Crippen MR) is 89.6 cm³/mol. The first kappa shape index (κ1) is 17.8. The summed E-state index contributed by atoms with van der Waals surface area (Å²) in [6.07, 6.45) is 3.39. The summed E-state index contributed by atoms with van der Waals surface area (Å²) in [5, 5.41) is 14.2. The molecule has 0 aromatic heterocycles. The van der Waals surface area contributed by atoms with Gasteiger partial charge in [0.25, 0.3) is 5.91 Å². The van der Waals surface area contributed by atoms with E-state index in [9.17, 15) is 9.59 Å². The summed E-state index contributed by atoms with van der Waals surface area (Å²) in [7, 11) is 1.54. The van der Waals surface area contributed by atoms with Gasteiger partial charge in [-0.25, -0.2) is 0 Å². The molecule has 1 saturated carbocycles. The van der Waals surface area contributed by atoms with Crippen LogP contribution in [0.15, 0.2) is 18.2 Å². The second kappa shape index (κ2) is 8.34. The summed E-state index contributed by atoms with van der Waals surface area (Å²) in [5.74, 6) is -0.151. The number of para-hydroxylation sites is 1. The van der Waals surface area contributed by atoms with Crippen molar-refractivity contribution in [2.24, 2.45) is 5.92 Å². The maximum absolute atomic E-state index is 12.7. The van der Waals surface area contributed by atoms with E-state index < -0.39 is 0 Å². The highest BCUT2D eigenvalue weighted by molar-refractivity contribution is 5.98. The van der Waals surface area contributed by atoms with Crippen LogP contribution in [0, 0.1) is 24.2 Å². The molecule has 2 rings (SSSR count). The zero-order chi connectivity index (χ0) is 17.5. The zero-order valence-electron chi connectivity index (χ0n) is 14.1. The molecule has 6 nitrogen and oxygen atoms in total. The van der Waals surface area contributed by atoms with Crippen LogP contribution in [0.25, 0.3) is 0 Å². The molecule has 1 aromatic carbocycles. The van der Waals surface area contributed by atoms with Gasteiger partial charge in [-0.05, 0) is 31.4 Å². The molecular weight excluding hydrogens is 306 g/mol. The quantitative estimate of drug-likeness (QED) is 0.808. The lowest BCUT2D eigenvalue weighted by Crippen LogP contribution is -2.48. The van der Waals surface area contributed by atoms with Crippen molar-refractivity contribution in [1.82, 2.24) is 10.6 Å². The van der Waals surface area contributed by atoms with Gasteiger partial charge in [0.1, 0.15) is 12.3 Å². The van der Waals surface area contributed by atoms with E-state index in [0.717, 1.165) is 24.8 Å². The topological polar surface area (TPSA) is 91.2 Å². The number of nitriles is 1. The second-order valence-corrected chi connectivity index (χ2v) is 6.00. The number of carbonyl (C=O) groups is 2. The van der Waals surface area contributed by atoms with Gasteiger partial charge in [-0.15, -0.1) is 0 Å². The van der Waals surface area contributed by atoms with Crippen LogP contribution in [-0.4, -0.2) is 31.5 Å². The van der Waals surface area contributed by atoms with Gasteiger partial charge in [-0.1, -0.05) is 25.0 Å². The summed E-state index contributed by atoms with van der Waals surface area (Å²) >= 11 is 0. The predicted octanol–water partition coefficient (Wildman–Crippen LogP) is 1.93. The van der Waals surface area contributed by atoms with Crippen LogP contribution in [0.5, 0.6) is 5.75 Å². The van der Waals surface area contributed by atoms with Crippen LogP contribution < -0.4 is 15.4 Å². The zero-order valence-corrected chi connectivity index (χ0v) is 14.1. The molecule has 1 aromatic rings. The number of hydrogen-bond donors (Lipinski definition) is 2. The molecule has 128 valence electrons. The number of amides is 2. The molecular formula is C18H23N3O3. The van der Waals surface area contributed by atoms with Gasteiger partial charge >= 0.3 is 0 Å². The number of ether oxygens (including phenoxy) is 1. The fourth-order valence-electron chi connectivity index (χ4n) is 3.22. The van der Waals surface area contributed by atoms with Crippen molar-refractivity contribution in [3.05, 3.63) is 29.3 Å². The van der Waals surface area contributed by atoms with Gasteiger partial charge in [-0.3, -0.25) is 9.59 Å². The summed E-state index contributed by atoms with van der Waals surface area (Å²) in [6.45, 7) is 1.87. The van der Waals surface area contributed by atoms with E-state index in [1.807, 2.05) is 25.1 Å². The Kier molecular flexibility index (Phi) is 6.19. The van der Waals surface area contributed by atoms with Crippen LogP contribution in [0.3, 0.4) is 0 Å². The van der Waals surface area contributed by atoms with E-state index in [0.29, 0.717) is 17.7 Å². The van der Waals surface area contributed by atoms with Crippen LogP contribution >= 0.6 is 0 Å². The third-order valence-electron chi connectivity index (χ3n) is 4.42. The minimum absolute atomic E-state index is 0.0122. The van der Waals surface area contributed by atoms with Crippen molar-refractivity contribution in [2.75, 3.05) is 13.7 Å². The summed E-state index contributed by atoms with van der Waals surface area (Å²) in [5.41, 5.74) is 1.36. The van der Waals surface area contributed by atoms with Crippen molar-refractivity contribution in [1.29, 1.82) is 5.26 Å². The lowest BCUT2D eigenvalue weighted by molar-refractivity contribution is -0.126. The molecule has 0 aliphatic heterocycles. The van der Waals surface area contributed by atoms with E-state index in [4.69, 9.17) is 10.00 Å². The number of hydrogen-bond acceptors (Lipinski definition) is 4. The normalized spacial score (nSPS) is 19.9. The molecule has 0 spiro atoms. The number of carbonyl (C=O) groups excluding carboxylic acids is 2. The average molecular weight is 329 g/mol. The van der Waals surface area contributed by atoms with E-state index in [-0.39, 0.29) is 30.3 Å². The van der Waals surface area contributed by atoms with Crippen molar-refractivity contribution < 1.29 is 14.3 Å². The monoisotopic (exact) mass is 329 g/mol. The molecule has 1 aliphatic carbocycles. The number of rotatable bonds is 5. The summed E-state index contributed by atoms with van der Waals surface area (Å²) < 4.78 is 5.34. The smallest absolute Gasteiger partial charge is 0.255 e. The Morgan fingerprint density at radius 1 is 1.33 bits per heavy atom. The maximum Gasteiger partial charge on any atom is 0.255 e. The number of nitrogens with zero attached hydrogens (tertiary/aromatic N) is 1. The molecule has 2 amide bonds. The molecule has 2 N–H and O–H groups in total. The average Bonchev–Trinajstić information content (AvgIpc) is 2.59. The van der Waals surface area contributed by atoms with Gasteiger partial charge in [0.15, 0.2) is 0 Å². The lowest BCUT2D eigenvalue weighted by atomic mass is 9.83. The molecule has 1 aliphatic rings. The fourth-order valence-corrected chi connectivity index (χ4v) is 3.22. The van der Waals surface area contributed by atoms with Gasteiger partial charge in [0, 0.05) is 6.04 Å². The highest BCUT2D eigenvalue weighted by Gasteiger charge is 2.32. The fraction of sp³-hybridized carbons (Fsp3) is 0.500. The van der Waals surface area contributed by atoms with Gasteiger partial charge in [0.05, 0.1) is 24.7 Å². The van der Waals surface area contributed by atoms with E-state index in [1.54, 1.807) is 6.07 Å². The third-order valence-corrected chi connectivity index (χ3v) is 4.42. The van der Waals surface area contributed by atoms with Crippen LogP contribution in [-0.2, 0) is 4.79 Å². The first-order valence-corrected chi connectivity index (χ1v) is 8.17. The Labute approximate surface area is 142 Å². The first-order chi connectivity index (χ1) is 11.6. The van der Waals surface area contributed by atoms with Crippen LogP contribution in [0.4, 0.5) is 0 Å². The maximum atomic E-state index is 12.7. The minimum atomic E-state index is -0.299. The Balaban J connectivity index is 2.13. The van der Waals surface area contributed by atoms with Crippen LogP contribution in [0.1, 0.15) is 41.6 Å². The van der Waals surface area contributed by atoms with E-state index >= 15 is 0 Å². The number of nitrogens with one attached hydrogen (secondary N) is 2. The molecule has 0 bridgehead atoms. The van der Waals surface area contributed by atoms with Crippen molar-refractivity contribution in [3.63, 3.8) is 0 Å². The third kappa shape index (κ3) is 4.05. The Bertz CT molecular complexity index is 651. The Morgan fingerprint density at radius 2 is 2.08 bits per heavy atom. The summed E-state index contributed by atoms with van der Waals surface area (Å²) in [4.78, 5) is 24.9. The Hall–Kier alpha value is -2.55. The number of benzene rings is 1. The molecule has 2 unspecified atom stereocenters. The minimum Gasteiger partial charge on any atom is -0.496 e. The largest absolute Gasteiger partial charge is 0.496 e. The second-order valence-electron chi connectivity index (χ2n) is 6.00. The molecule has 24 heavy (non-hydrogen) atoms. The molecule has 2 atom stereocenters. The molecule has 0 radical (unpaired) electrons. The highest BCUT2D eigenvalue weighted by Crippen LogP contribution is 2.27. The SMILES string of the molecule is COc1c(C)cccc1C(=O)NC1CCCCC1C(=O)NCC#N. The molecule has 6 heteroatoms. The number of aryl methyl sites for hydroxylation is 1. The van der Waals surface area contributed by atoms with Crippen LogP contribution in [0.2, 0.25) is 0 Å². The standard InChI is InChI=1S/C18H23N3O3/c1-12-6-5-8-14(16(12)24-2)18(23)21-15-9-4-3-7-13(15)17(22)20-11-10-19/h5-6,8,13,15H,3-4,7,9,11H2,1-2H3,(H,20,22)(H,21,23). The molecule has 0 saturated heterocycles. The van der Waals surface area contributed by atoms with Crippen molar-refractivity contribution in [2.45, 2.75) is 38.6 Å². The van der Waals surface area contributed by atoms with Crippen molar-refractivity contribution >= 4 is 11.8 Å². The van der Waals surface area contributed by atoms with Crippen molar-refractivity contribution in [3.8, 4) is 11.8 Å². The van der Waals surface area contributed by atoms with E-state index in [2.05, 4.69) is 10.6 Å². The molecule has 0 heterocycles. The van der Waals surface area contributed by atoms with Gasteiger partial charge in [-0.2, -0.15) is 5.26 Å². The van der Waals surface area contributed by atoms with Gasteiger partial charge < -0.3 is 15.4 Å². The van der Waals surface area contributed by atoms with E-state index in [1.165, 1.54) is 7.11 Å².